The highest BCUT2D eigenvalue weighted by atomic mass is 32.1. The van der Waals surface area contributed by atoms with Crippen LogP contribution in [0.15, 0.2) is 28.3 Å². The summed E-state index contributed by atoms with van der Waals surface area (Å²) in [6.45, 7) is 3.89. The standard InChI is InChI=1S/C14H16N4OS/c1-10-13(20-9-15-10)6-7-18(2)8-11-4-3-5-12-14(11)17-19-16-12/h3-5,9H,6-8H2,1-2H3. The Kier molecular flexibility index (Phi) is 3.75. The van der Waals surface area contributed by atoms with Crippen molar-refractivity contribution in [1.29, 1.82) is 0 Å². The van der Waals surface area contributed by atoms with Gasteiger partial charge in [0.2, 0.25) is 0 Å². The summed E-state index contributed by atoms with van der Waals surface area (Å²) >= 11 is 1.73. The summed E-state index contributed by atoms with van der Waals surface area (Å²) in [5, 5.41) is 7.85. The normalized spacial score (nSPS) is 11.6. The van der Waals surface area contributed by atoms with Crippen LogP contribution >= 0.6 is 11.3 Å². The molecule has 0 aliphatic rings. The first kappa shape index (κ1) is 13.2. The van der Waals surface area contributed by atoms with Gasteiger partial charge in [-0.2, -0.15) is 0 Å². The molecule has 104 valence electrons. The summed E-state index contributed by atoms with van der Waals surface area (Å²) < 4.78 is 4.80. The first-order valence-electron chi connectivity index (χ1n) is 6.51. The fraction of sp³-hybridized carbons (Fsp3) is 0.357. The molecule has 3 rings (SSSR count). The fourth-order valence-corrected chi connectivity index (χ4v) is 2.99. The van der Waals surface area contributed by atoms with Crippen LogP contribution in [0.2, 0.25) is 0 Å². The lowest BCUT2D eigenvalue weighted by molar-refractivity contribution is 0.313. The highest BCUT2D eigenvalue weighted by Crippen LogP contribution is 2.17. The minimum atomic E-state index is 0.814. The van der Waals surface area contributed by atoms with Crippen molar-refractivity contribution in [2.45, 2.75) is 19.9 Å². The van der Waals surface area contributed by atoms with Crippen LogP contribution in [0.25, 0.3) is 11.0 Å². The smallest absolute Gasteiger partial charge is 0.139 e. The van der Waals surface area contributed by atoms with Crippen molar-refractivity contribution in [2.75, 3.05) is 13.6 Å². The molecule has 2 heterocycles. The Morgan fingerprint density at radius 3 is 3.00 bits per heavy atom. The van der Waals surface area contributed by atoms with E-state index in [4.69, 9.17) is 4.63 Å². The molecule has 20 heavy (non-hydrogen) atoms. The van der Waals surface area contributed by atoms with Gasteiger partial charge in [0.05, 0.1) is 11.2 Å². The average Bonchev–Trinajstić information content (AvgIpc) is 3.06. The van der Waals surface area contributed by atoms with Gasteiger partial charge < -0.3 is 4.90 Å². The molecular weight excluding hydrogens is 272 g/mol. The largest absolute Gasteiger partial charge is 0.302 e. The van der Waals surface area contributed by atoms with E-state index in [-0.39, 0.29) is 0 Å². The van der Waals surface area contributed by atoms with E-state index in [1.165, 1.54) is 4.88 Å². The van der Waals surface area contributed by atoms with Gasteiger partial charge in [-0.25, -0.2) is 9.61 Å². The molecule has 0 saturated carbocycles. The second kappa shape index (κ2) is 5.68. The van der Waals surface area contributed by atoms with Crippen LogP contribution in [0.4, 0.5) is 0 Å². The Balaban J connectivity index is 1.65. The second-order valence-corrected chi connectivity index (χ2v) is 5.84. The van der Waals surface area contributed by atoms with Gasteiger partial charge in [0.25, 0.3) is 0 Å². The third-order valence-corrected chi connectivity index (χ3v) is 4.37. The Bertz CT molecular complexity index is 706. The summed E-state index contributed by atoms with van der Waals surface area (Å²) in [6.07, 6.45) is 1.03. The van der Waals surface area contributed by atoms with E-state index in [1.54, 1.807) is 11.3 Å². The van der Waals surface area contributed by atoms with Gasteiger partial charge in [-0.05, 0) is 42.3 Å². The minimum absolute atomic E-state index is 0.814. The molecule has 6 heteroatoms. The highest BCUT2D eigenvalue weighted by Gasteiger charge is 2.09. The van der Waals surface area contributed by atoms with Crippen LogP contribution in [0, 0.1) is 6.92 Å². The SMILES string of the molecule is Cc1ncsc1CCN(C)Cc1cccc2nonc12. The van der Waals surface area contributed by atoms with Gasteiger partial charge in [0.15, 0.2) is 0 Å². The quantitative estimate of drug-likeness (QED) is 0.722. The molecule has 0 aliphatic heterocycles. The average molecular weight is 288 g/mol. The van der Waals surface area contributed by atoms with Gasteiger partial charge in [-0.1, -0.05) is 12.1 Å². The van der Waals surface area contributed by atoms with E-state index in [0.717, 1.165) is 41.8 Å². The Labute approximate surface area is 121 Å². The molecule has 0 atom stereocenters. The molecule has 5 nitrogen and oxygen atoms in total. The molecule has 0 bridgehead atoms. The molecule has 0 spiro atoms. The Morgan fingerprint density at radius 1 is 1.30 bits per heavy atom. The van der Waals surface area contributed by atoms with Crippen LogP contribution in [0.3, 0.4) is 0 Å². The molecule has 0 amide bonds. The molecule has 1 aromatic carbocycles. The van der Waals surface area contributed by atoms with Crippen molar-refractivity contribution in [3.63, 3.8) is 0 Å². The number of hydrogen-bond donors (Lipinski definition) is 0. The number of rotatable bonds is 5. The number of hydrogen-bond acceptors (Lipinski definition) is 6. The molecule has 0 fully saturated rings. The highest BCUT2D eigenvalue weighted by molar-refractivity contribution is 7.09. The summed E-state index contributed by atoms with van der Waals surface area (Å²) in [7, 11) is 2.11. The van der Waals surface area contributed by atoms with Crippen molar-refractivity contribution in [3.05, 3.63) is 39.8 Å². The number of aromatic nitrogens is 3. The van der Waals surface area contributed by atoms with E-state index in [1.807, 2.05) is 17.6 Å². The Morgan fingerprint density at radius 2 is 2.20 bits per heavy atom. The van der Waals surface area contributed by atoms with E-state index in [0.29, 0.717) is 0 Å². The molecule has 0 radical (unpaired) electrons. The molecular formula is C14H16N4OS. The van der Waals surface area contributed by atoms with Gasteiger partial charge in [0.1, 0.15) is 11.0 Å². The summed E-state index contributed by atoms with van der Waals surface area (Å²) in [5.74, 6) is 0. The van der Waals surface area contributed by atoms with Crippen molar-refractivity contribution < 1.29 is 4.63 Å². The predicted octanol–water partition coefficient (Wildman–Crippen LogP) is 2.66. The first-order chi connectivity index (χ1) is 9.74. The van der Waals surface area contributed by atoms with Crippen molar-refractivity contribution >= 4 is 22.4 Å². The van der Waals surface area contributed by atoms with Crippen LogP contribution < -0.4 is 0 Å². The first-order valence-corrected chi connectivity index (χ1v) is 7.39. The van der Waals surface area contributed by atoms with Crippen molar-refractivity contribution in [3.8, 4) is 0 Å². The number of benzene rings is 1. The molecule has 0 aliphatic carbocycles. The fourth-order valence-electron chi connectivity index (χ4n) is 2.22. The third-order valence-electron chi connectivity index (χ3n) is 3.38. The number of thiazole rings is 1. The zero-order valence-electron chi connectivity index (χ0n) is 11.5. The summed E-state index contributed by atoms with van der Waals surface area (Å²) in [5.41, 5.74) is 5.87. The summed E-state index contributed by atoms with van der Waals surface area (Å²) in [4.78, 5) is 7.92. The zero-order chi connectivity index (χ0) is 13.9. The molecule has 3 aromatic rings. The Hall–Kier alpha value is -1.79. The van der Waals surface area contributed by atoms with Crippen LogP contribution in [0.1, 0.15) is 16.1 Å². The predicted molar refractivity (Wildman–Crippen MR) is 78.7 cm³/mol. The van der Waals surface area contributed by atoms with Gasteiger partial charge in [-0.15, -0.1) is 11.3 Å². The maximum Gasteiger partial charge on any atom is 0.139 e. The van der Waals surface area contributed by atoms with Gasteiger partial charge >= 0.3 is 0 Å². The molecule has 2 aromatic heterocycles. The van der Waals surface area contributed by atoms with Gasteiger partial charge in [-0.3, -0.25) is 0 Å². The van der Waals surface area contributed by atoms with Crippen LogP contribution in [-0.2, 0) is 13.0 Å². The zero-order valence-corrected chi connectivity index (χ0v) is 12.4. The van der Waals surface area contributed by atoms with E-state index in [9.17, 15) is 0 Å². The van der Waals surface area contributed by atoms with Crippen molar-refractivity contribution in [2.24, 2.45) is 0 Å². The topological polar surface area (TPSA) is 55.1 Å². The van der Waals surface area contributed by atoms with E-state index < -0.39 is 0 Å². The third kappa shape index (κ3) is 2.71. The lowest BCUT2D eigenvalue weighted by atomic mass is 10.1. The number of likely N-dealkylation sites (N-methyl/N-ethyl adjacent to an activating group) is 1. The van der Waals surface area contributed by atoms with E-state index in [2.05, 4.69) is 40.2 Å². The number of fused-ring (bicyclic) bond motifs is 1. The molecule has 0 unspecified atom stereocenters. The lowest BCUT2D eigenvalue weighted by Crippen LogP contribution is -2.20. The van der Waals surface area contributed by atoms with Crippen molar-refractivity contribution in [1.82, 2.24) is 20.2 Å². The van der Waals surface area contributed by atoms with E-state index >= 15 is 0 Å². The molecule has 0 N–H and O–H groups in total. The maximum absolute atomic E-state index is 4.80. The number of aryl methyl sites for hydroxylation is 1. The maximum atomic E-state index is 4.80. The second-order valence-electron chi connectivity index (χ2n) is 4.90. The summed E-state index contributed by atoms with van der Waals surface area (Å²) in [6, 6.07) is 5.97. The lowest BCUT2D eigenvalue weighted by Gasteiger charge is -2.16. The minimum Gasteiger partial charge on any atom is -0.302 e. The van der Waals surface area contributed by atoms with Crippen LogP contribution in [0.5, 0.6) is 0 Å². The monoisotopic (exact) mass is 288 g/mol. The molecule has 0 saturated heterocycles. The number of nitrogens with zero attached hydrogens (tertiary/aromatic N) is 4. The van der Waals surface area contributed by atoms with Crippen LogP contribution in [-0.4, -0.2) is 33.8 Å². The van der Waals surface area contributed by atoms with Gasteiger partial charge in [0, 0.05) is 18.0 Å².